The van der Waals surface area contributed by atoms with Crippen molar-refractivity contribution in [2.75, 3.05) is 0 Å². The monoisotopic (exact) mass is 248 g/mol. The van der Waals surface area contributed by atoms with Gasteiger partial charge in [-0.1, -0.05) is 60.8 Å². The molecule has 1 aromatic rings. The molecule has 1 N–H and O–H groups in total. The molecule has 0 heterocycles. The van der Waals surface area contributed by atoms with Crippen LogP contribution >= 0.6 is 0 Å². The lowest BCUT2D eigenvalue weighted by molar-refractivity contribution is -0.136. The summed E-state index contributed by atoms with van der Waals surface area (Å²) in [5, 5.41) is 9.97. The number of carbonyl (C=O) groups is 1. The molecule has 0 aliphatic rings. The maximum atomic E-state index is 10.4. The van der Waals surface area contributed by atoms with Crippen molar-refractivity contribution in [2.45, 2.75) is 32.0 Å². The van der Waals surface area contributed by atoms with E-state index in [1.54, 1.807) is 0 Å². The maximum absolute atomic E-state index is 10.4. The van der Waals surface area contributed by atoms with Crippen LogP contribution in [0.25, 0.3) is 0 Å². The molecule has 92 valence electrons. The van der Waals surface area contributed by atoms with Crippen LogP contribution in [0.3, 0.4) is 0 Å². The number of allylic oxidation sites excluding steroid dienone is 2. The van der Waals surface area contributed by atoms with Crippen LogP contribution in [0, 0.1) is 0 Å². The van der Waals surface area contributed by atoms with Gasteiger partial charge in [-0.2, -0.15) is 0 Å². The van der Waals surface area contributed by atoms with Gasteiger partial charge in [-0.15, -0.1) is 0 Å². The number of benzene rings is 1. The van der Waals surface area contributed by atoms with Crippen LogP contribution in [0.4, 0.5) is 0 Å². The van der Waals surface area contributed by atoms with Crippen molar-refractivity contribution in [2.24, 2.45) is 0 Å². The van der Waals surface area contributed by atoms with Crippen molar-refractivity contribution < 1.29 is 9.90 Å². The van der Waals surface area contributed by atoms with Crippen molar-refractivity contribution >= 4 is 19.2 Å². The second kappa shape index (κ2) is 6.40. The van der Waals surface area contributed by atoms with Crippen LogP contribution in [0.2, 0.25) is 19.1 Å². The Morgan fingerprint density at radius 3 is 2.47 bits per heavy atom. The van der Waals surface area contributed by atoms with Gasteiger partial charge in [0.2, 0.25) is 0 Å². The van der Waals surface area contributed by atoms with Crippen LogP contribution in [-0.2, 0) is 4.79 Å². The smallest absolute Gasteiger partial charge is 0.303 e. The van der Waals surface area contributed by atoms with E-state index in [0.717, 1.165) is 6.04 Å². The highest BCUT2D eigenvalue weighted by Gasteiger charge is 2.20. The highest BCUT2D eigenvalue weighted by molar-refractivity contribution is 6.90. The van der Waals surface area contributed by atoms with E-state index in [1.165, 1.54) is 5.19 Å². The summed E-state index contributed by atoms with van der Waals surface area (Å²) in [6.07, 6.45) is 4.99. The van der Waals surface area contributed by atoms with Crippen LogP contribution in [0.5, 0.6) is 0 Å². The molecule has 0 radical (unpaired) electrons. The quantitative estimate of drug-likeness (QED) is 0.620. The third kappa shape index (κ3) is 5.00. The van der Waals surface area contributed by atoms with Crippen LogP contribution in [-0.4, -0.2) is 19.1 Å². The molecule has 0 fully saturated rings. The molecule has 0 saturated carbocycles. The molecule has 17 heavy (non-hydrogen) atoms. The standard InChI is InChI=1S/C14H20O2Si/c1-17(2,13-9-5-3-6-10-13)12-8-4-7-11-14(15)16/h3-6,8-10H,7,11-12H2,1-2H3,(H,15,16)/b8-4-. The van der Waals surface area contributed by atoms with E-state index in [9.17, 15) is 4.79 Å². The third-order valence-electron chi connectivity index (χ3n) is 2.87. The number of rotatable bonds is 6. The summed E-state index contributed by atoms with van der Waals surface area (Å²) < 4.78 is 0. The molecule has 3 heteroatoms. The summed E-state index contributed by atoms with van der Waals surface area (Å²) in [6.45, 7) is 4.67. The number of hydrogen-bond acceptors (Lipinski definition) is 1. The zero-order chi connectivity index (χ0) is 12.7. The van der Waals surface area contributed by atoms with E-state index in [0.29, 0.717) is 6.42 Å². The average Bonchev–Trinajstić information content (AvgIpc) is 2.29. The van der Waals surface area contributed by atoms with Gasteiger partial charge in [-0.3, -0.25) is 4.79 Å². The highest BCUT2D eigenvalue weighted by atomic mass is 28.3. The van der Waals surface area contributed by atoms with Crippen molar-refractivity contribution in [1.82, 2.24) is 0 Å². The molecular formula is C14H20O2Si. The van der Waals surface area contributed by atoms with Gasteiger partial charge in [0.15, 0.2) is 0 Å². The van der Waals surface area contributed by atoms with Gasteiger partial charge < -0.3 is 5.11 Å². The van der Waals surface area contributed by atoms with Crippen molar-refractivity contribution in [3.05, 3.63) is 42.5 Å². The Morgan fingerprint density at radius 2 is 1.88 bits per heavy atom. The molecule has 0 atom stereocenters. The SMILES string of the molecule is C[Si](C)(C/C=C\CCC(=O)O)c1ccccc1. The van der Waals surface area contributed by atoms with Gasteiger partial charge in [0.05, 0.1) is 8.07 Å². The lowest BCUT2D eigenvalue weighted by atomic mass is 10.3. The maximum Gasteiger partial charge on any atom is 0.303 e. The Bertz CT molecular complexity index is 382. The molecule has 1 rings (SSSR count). The molecule has 0 unspecified atom stereocenters. The Labute approximate surface area is 104 Å². The van der Waals surface area contributed by atoms with Gasteiger partial charge in [0.25, 0.3) is 0 Å². The van der Waals surface area contributed by atoms with Gasteiger partial charge in [0.1, 0.15) is 0 Å². The number of carboxylic acid groups (broad SMARTS) is 1. The normalized spacial score (nSPS) is 11.9. The van der Waals surface area contributed by atoms with E-state index in [4.69, 9.17) is 5.11 Å². The third-order valence-corrected chi connectivity index (χ3v) is 6.03. The lowest BCUT2D eigenvalue weighted by Gasteiger charge is -2.20. The first kappa shape index (κ1) is 13.7. The predicted molar refractivity (Wildman–Crippen MR) is 74.4 cm³/mol. The molecule has 0 spiro atoms. The first-order valence-corrected chi connectivity index (χ1v) is 9.15. The molecule has 0 saturated heterocycles. The van der Waals surface area contributed by atoms with Gasteiger partial charge >= 0.3 is 5.97 Å². The molecule has 0 aliphatic heterocycles. The summed E-state index contributed by atoms with van der Waals surface area (Å²) in [5.41, 5.74) is 0. The summed E-state index contributed by atoms with van der Waals surface area (Å²) in [7, 11) is -1.39. The Balaban J connectivity index is 2.47. The van der Waals surface area contributed by atoms with Crippen LogP contribution in [0.1, 0.15) is 12.8 Å². The Hall–Kier alpha value is -1.35. The minimum absolute atomic E-state index is 0.226. The fourth-order valence-electron chi connectivity index (χ4n) is 1.71. The van der Waals surface area contributed by atoms with Crippen LogP contribution in [0.15, 0.2) is 42.5 Å². The van der Waals surface area contributed by atoms with E-state index < -0.39 is 14.0 Å². The molecule has 0 amide bonds. The summed E-state index contributed by atoms with van der Waals surface area (Å²) in [5.74, 6) is -0.728. The van der Waals surface area contributed by atoms with Gasteiger partial charge in [0, 0.05) is 6.42 Å². The number of carboxylic acids is 1. The van der Waals surface area contributed by atoms with Crippen molar-refractivity contribution in [3.63, 3.8) is 0 Å². The van der Waals surface area contributed by atoms with Crippen molar-refractivity contribution in [3.8, 4) is 0 Å². The molecule has 1 aromatic carbocycles. The Kier molecular flexibility index (Phi) is 5.16. The first-order chi connectivity index (χ1) is 8.02. The minimum Gasteiger partial charge on any atom is -0.481 e. The summed E-state index contributed by atoms with van der Waals surface area (Å²) in [4.78, 5) is 10.4. The number of hydrogen-bond donors (Lipinski definition) is 1. The fraction of sp³-hybridized carbons (Fsp3) is 0.357. The van der Waals surface area contributed by atoms with Gasteiger partial charge in [-0.05, 0) is 12.5 Å². The molecule has 0 aromatic heterocycles. The topological polar surface area (TPSA) is 37.3 Å². The van der Waals surface area contributed by atoms with Gasteiger partial charge in [-0.25, -0.2) is 0 Å². The van der Waals surface area contributed by atoms with Crippen LogP contribution < -0.4 is 5.19 Å². The zero-order valence-electron chi connectivity index (χ0n) is 10.5. The average molecular weight is 248 g/mol. The summed E-state index contributed by atoms with van der Waals surface area (Å²) >= 11 is 0. The molecule has 2 nitrogen and oxygen atoms in total. The predicted octanol–water partition coefficient (Wildman–Crippen LogP) is 3.02. The van der Waals surface area contributed by atoms with E-state index in [2.05, 4.69) is 43.4 Å². The summed E-state index contributed by atoms with van der Waals surface area (Å²) in [6, 6.07) is 11.7. The Morgan fingerprint density at radius 1 is 1.24 bits per heavy atom. The minimum atomic E-state index is -1.39. The molecule has 0 aliphatic carbocycles. The van der Waals surface area contributed by atoms with Crippen molar-refractivity contribution in [1.29, 1.82) is 0 Å². The highest BCUT2D eigenvalue weighted by Crippen LogP contribution is 2.11. The van der Waals surface area contributed by atoms with E-state index in [1.807, 2.05) is 12.1 Å². The number of aliphatic carboxylic acids is 1. The largest absolute Gasteiger partial charge is 0.481 e. The molecular weight excluding hydrogens is 228 g/mol. The second-order valence-electron chi connectivity index (χ2n) is 4.86. The lowest BCUT2D eigenvalue weighted by Crippen LogP contribution is -2.40. The van der Waals surface area contributed by atoms with E-state index >= 15 is 0 Å². The zero-order valence-corrected chi connectivity index (χ0v) is 11.5. The second-order valence-corrected chi connectivity index (χ2v) is 9.61. The first-order valence-electron chi connectivity index (χ1n) is 5.95. The van der Waals surface area contributed by atoms with E-state index in [-0.39, 0.29) is 6.42 Å². The fourth-order valence-corrected chi connectivity index (χ4v) is 3.80. The molecule has 0 bridgehead atoms.